The molecule has 0 saturated carbocycles. The molecule has 15 heavy (non-hydrogen) atoms. The molecule has 0 aromatic carbocycles. The van der Waals surface area contributed by atoms with Crippen LogP contribution in [0.25, 0.3) is 0 Å². The molecule has 0 unspecified atom stereocenters. The third kappa shape index (κ3) is 2.68. The van der Waals surface area contributed by atoms with Crippen LogP contribution in [0.3, 0.4) is 0 Å². The summed E-state index contributed by atoms with van der Waals surface area (Å²) < 4.78 is 41.2. The summed E-state index contributed by atoms with van der Waals surface area (Å²) in [5, 5.41) is 0. The first-order valence-corrected chi connectivity index (χ1v) is 4.47. The Morgan fingerprint density at radius 3 is 2.53 bits per heavy atom. The molecule has 0 amide bonds. The minimum absolute atomic E-state index is 0.155. The molecule has 1 rings (SSSR count). The molecule has 1 heterocycles. The SMILES string of the molecule is COC(=O)c1nc(C(F)(F)F)ccc1Br. The van der Waals surface area contributed by atoms with E-state index in [1.165, 1.54) is 0 Å². The van der Waals surface area contributed by atoms with Gasteiger partial charge < -0.3 is 4.74 Å². The number of alkyl halides is 3. The van der Waals surface area contributed by atoms with Crippen molar-refractivity contribution in [3.05, 3.63) is 28.0 Å². The molecule has 0 fully saturated rings. The predicted molar refractivity (Wildman–Crippen MR) is 48.3 cm³/mol. The van der Waals surface area contributed by atoms with Gasteiger partial charge in [0, 0.05) is 0 Å². The van der Waals surface area contributed by atoms with Crippen molar-refractivity contribution in [2.75, 3.05) is 7.11 Å². The average Bonchev–Trinajstić information content (AvgIpc) is 2.15. The van der Waals surface area contributed by atoms with E-state index in [2.05, 4.69) is 25.7 Å². The summed E-state index contributed by atoms with van der Waals surface area (Å²) in [6.07, 6.45) is -4.58. The van der Waals surface area contributed by atoms with E-state index in [1.54, 1.807) is 0 Å². The zero-order valence-electron chi connectivity index (χ0n) is 7.43. The second-order valence-electron chi connectivity index (χ2n) is 2.52. The Hall–Kier alpha value is -1.11. The van der Waals surface area contributed by atoms with Gasteiger partial charge in [0.25, 0.3) is 0 Å². The minimum atomic E-state index is -4.58. The van der Waals surface area contributed by atoms with Crippen molar-refractivity contribution in [1.29, 1.82) is 0 Å². The molecule has 0 aliphatic heterocycles. The highest BCUT2D eigenvalue weighted by Crippen LogP contribution is 2.29. The topological polar surface area (TPSA) is 39.2 Å². The number of carbonyl (C=O) groups excluding carboxylic acids is 1. The zero-order valence-corrected chi connectivity index (χ0v) is 9.02. The highest BCUT2D eigenvalue weighted by molar-refractivity contribution is 9.10. The molecule has 0 spiro atoms. The lowest BCUT2D eigenvalue weighted by Crippen LogP contribution is -2.13. The molecule has 0 bridgehead atoms. The van der Waals surface area contributed by atoms with E-state index in [9.17, 15) is 18.0 Å². The van der Waals surface area contributed by atoms with Gasteiger partial charge in [-0.25, -0.2) is 9.78 Å². The fourth-order valence-corrected chi connectivity index (χ4v) is 1.22. The van der Waals surface area contributed by atoms with E-state index in [0.29, 0.717) is 0 Å². The molecule has 0 saturated heterocycles. The maximum atomic E-state index is 12.2. The van der Waals surface area contributed by atoms with Crippen LogP contribution >= 0.6 is 15.9 Å². The van der Waals surface area contributed by atoms with E-state index in [-0.39, 0.29) is 4.47 Å². The normalized spacial score (nSPS) is 11.3. The van der Waals surface area contributed by atoms with Crippen LogP contribution in [0.1, 0.15) is 16.2 Å². The molecular weight excluding hydrogens is 279 g/mol. The quantitative estimate of drug-likeness (QED) is 0.744. The summed E-state index contributed by atoms with van der Waals surface area (Å²) in [5.41, 5.74) is -1.53. The van der Waals surface area contributed by atoms with Gasteiger partial charge in [-0.05, 0) is 28.1 Å². The predicted octanol–water partition coefficient (Wildman–Crippen LogP) is 2.65. The van der Waals surface area contributed by atoms with Crippen molar-refractivity contribution in [2.24, 2.45) is 0 Å². The Bertz CT molecular complexity index is 392. The Kier molecular flexibility index (Phi) is 3.33. The molecule has 0 atom stereocenters. The summed E-state index contributed by atoms with van der Waals surface area (Å²) in [4.78, 5) is 14.2. The van der Waals surface area contributed by atoms with Crippen LogP contribution in [-0.4, -0.2) is 18.1 Å². The fraction of sp³-hybridized carbons (Fsp3) is 0.250. The van der Waals surface area contributed by atoms with E-state index >= 15 is 0 Å². The van der Waals surface area contributed by atoms with Crippen molar-refractivity contribution >= 4 is 21.9 Å². The lowest BCUT2D eigenvalue weighted by Gasteiger charge is -2.07. The molecule has 0 N–H and O–H groups in total. The number of hydrogen-bond donors (Lipinski definition) is 0. The van der Waals surface area contributed by atoms with Gasteiger partial charge in [0.1, 0.15) is 5.69 Å². The van der Waals surface area contributed by atoms with Crippen LogP contribution in [0.2, 0.25) is 0 Å². The van der Waals surface area contributed by atoms with Crippen LogP contribution in [-0.2, 0) is 10.9 Å². The van der Waals surface area contributed by atoms with Crippen LogP contribution in [0.4, 0.5) is 13.2 Å². The van der Waals surface area contributed by atoms with Gasteiger partial charge in [-0.15, -0.1) is 0 Å². The van der Waals surface area contributed by atoms with Crippen LogP contribution in [0, 0.1) is 0 Å². The van der Waals surface area contributed by atoms with Crippen molar-refractivity contribution in [2.45, 2.75) is 6.18 Å². The Balaban J connectivity index is 3.23. The number of rotatable bonds is 1. The maximum absolute atomic E-state index is 12.2. The summed E-state index contributed by atoms with van der Waals surface area (Å²) in [7, 11) is 1.07. The van der Waals surface area contributed by atoms with Crippen molar-refractivity contribution in [1.82, 2.24) is 4.98 Å². The maximum Gasteiger partial charge on any atom is 0.433 e. The average molecular weight is 284 g/mol. The van der Waals surface area contributed by atoms with E-state index in [0.717, 1.165) is 19.2 Å². The van der Waals surface area contributed by atoms with Gasteiger partial charge in [0.05, 0.1) is 11.6 Å². The Morgan fingerprint density at radius 1 is 1.47 bits per heavy atom. The van der Waals surface area contributed by atoms with E-state index in [4.69, 9.17) is 0 Å². The van der Waals surface area contributed by atoms with Gasteiger partial charge >= 0.3 is 12.1 Å². The first kappa shape index (κ1) is 12.0. The summed E-state index contributed by atoms with van der Waals surface area (Å²) >= 11 is 2.91. The number of ether oxygens (including phenoxy) is 1. The van der Waals surface area contributed by atoms with Gasteiger partial charge in [0.15, 0.2) is 5.69 Å². The Labute approximate surface area is 91.4 Å². The third-order valence-corrected chi connectivity index (χ3v) is 2.16. The van der Waals surface area contributed by atoms with Gasteiger partial charge in [-0.2, -0.15) is 13.2 Å². The number of aromatic nitrogens is 1. The summed E-state index contributed by atoms with van der Waals surface area (Å²) in [5.74, 6) is -0.923. The number of halogens is 4. The van der Waals surface area contributed by atoms with Gasteiger partial charge in [-0.3, -0.25) is 0 Å². The molecule has 1 aromatic heterocycles. The van der Waals surface area contributed by atoms with E-state index < -0.39 is 23.5 Å². The summed E-state index contributed by atoms with van der Waals surface area (Å²) in [6, 6.07) is 1.87. The highest BCUT2D eigenvalue weighted by atomic mass is 79.9. The largest absolute Gasteiger partial charge is 0.464 e. The van der Waals surface area contributed by atoms with Crippen LogP contribution < -0.4 is 0 Å². The van der Waals surface area contributed by atoms with Gasteiger partial charge in [-0.1, -0.05) is 0 Å². The number of carbonyl (C=O) groups is 1. The lowest BCUT2D eigenvalue weighted by molar-refractivity contribution is -0.141. The molecular formula is C8H5BrF3NO2. The van der Waals surface area contributed by atoms with Crippen molar-refractivity contribution in [3.63, 3.8) is 0 Å². The molecule has 0 radical (unpaired) electrons. The number of esters is 1. The number of nitrogens with zero attached hydrogens (tertiary/aromatic N) is 1. The first-order chi connectivity index (χ1) is 6.86. The van der Waals surface area contributed by atoms with Crippen molar-refractivity contribution in [3.8, 4) is 0 Å². The smallest absolute Gasteiger partial charge is 0.433 e. The Morgan fingerprint density at radius 2 is 2.07 bits per heavy atom. The molecule has 0 aliphatic rings. The fourth-order valence-electron chi connectivity index (χ4n) is 0.840. The molecule has 0 aliphatic carbocycles. The van der Waals surface area contributed by atoms with Gasteiger partial charge in [0.2, 0.25) is 0 Å². The van der Waals surface area contributed by atoms with Crippen molar-refractivity contribution < 1.29 is 22.7 Å². The minimum Gasteiger partial charge on any atom is -0.464 e. The summed E-state index contributed by atoms with van der Waals surface area (Å²) in [6.45, 7) is 0. The molecule has 1 aromatic rings. The lowest BCUT2D eigenvalue weighted by atomic mass is 10.3. The molecule has 82 valence electrons. The monoisotopic (exact) mass is 283 g/mol. The van der Waals surface area contributed by atoms with Crippen LogP contribution in [0.15, 0.2) is 16.6 Å². The number of methoxy groups -OCH3 is 1. The molecule has 3 nitrogen and oxygen atoms in total. The van der Waals surface area contributed by atoms with E-state index in [1.807, 2.05) is 0 Å². The molecule has 7 heteroatoms. The third-order valence-electron chi connectivity index (χ3n) is 1.52. The standard InChI is InChI=1S/C8H5BrF3NO2/c1-15-7(14)6-4(9)2-3-5(13-6)8(10,11)12/h2-3H,1H3. The second kappa shape index (κ2) is 4.18. The highest BCUT2D eigenvalue weighted by Gasteiger charge is 2.33. The number of pyridine rings is 1. The zero-order chi connectivity index (χ0) is 11.6. The van der Waals surface area contributed by atoms with Crippen LogP contribution in [0.5, 0.6) is 0 Å². The number of hydrogen-bond acceptors (Lipinski definition) is 3. The first-order valence-electron chi connectivity index (χ1n) is 3.68. The second-order valence-corrected chi connectivity index (χ2v) is 3.37.